The second-order valence-corrected chi connectivity index (χ2v) is 9.21. The number of piperidine rings is 1. The maximum absolute atomic E-state index is 12.5. The smallest absolute Gasteiger partial charge is 0.407 e. The van der Waals surface area contributed by atoms with Gasteiger partial charge in [0, 0.05) is 31.5 Å². The zero-order chi connectivity index (χ0) is 24.1. The van der Waals surface area contributed by atoms with Crippen LogP contribution >= 0.6 is 0 Å². The molecule has 2 aromatic carbocycles. The highest BCUT2D eigenvalue weighted by Crippen LogP contribution is 2.44. The van der Waals surface area contributed by atoms with Crippen LogP contribution in [0.5, 0.6) is 0 Å². The number of fused-ring (bicyclic) bond motifs is 3. The Kier molecular flexibility index (Phi) is 7.50. The third-order valence-corrected chi connectivity index (χ3v) is 6.98. The Morgan fingerprint density at radius 3 is 2.29 bits per heavy atom. The van der Waals surface area contributed by atoms with Gasteiger partial charge in [0.1, 0.15) is 6.61 Å². The van der Waals surface area contributed by atoms with Crippen molar-refractivity contribution in [3.63, 3.8) is 0 Å². The lowest BCUT2D eigenvalue weighted by Crippen LogP contribution is -2.46. The number of alkyl carbamates (subject to hydrolysis) is 1. The molecule has 2 aliphatic rings. The van der Waals surface area contributed by atoms with Gasteiger partial charge in [0.15, 0.2) is 0 Å². The third kappa shape index (κ3) is 5.24. The normalized spacial score (nSPS) is 19.3. The molecule has 2 N–H and O–H groups in total. The number of carbonyl (C=O) groups is 3. The van der Waals surface area contributed by atoms with Crippen molar-refractivity contribution >= 4 is 18.0 Å². The number of unbranched alkanes of at least 4 members (excludes halogenated alkanes) is 1. The Morgan fingerprint density at radius 2 is 1.68 bits per heavy atom. The second-order valence-electron chi connectivity index (χ2n) is 9.21. The summed E-state index contributed by atoms with van der Waals surface area (Å²) in [7, 11) is 0. The maximum atomic E-state index is 12.5. The largest absolute Gasteiger partial charge is 0.481 e. The summed E-state index contributed by atoms with van der Waals surface area (Å²) in [5.41, 5.74) is 4.74. The van der Waals surface area contributed by atoms with Crippen molar-refractivity contribution in [1.82, 2.24) is 10.2 Å². The van der Waals surface area contributed by atoms with Gasteiger partial charge in [0.05, 0.1) is 5.92 Å². The molecule has 1 saturated heterocycles. The van der Waals surface area contributed by atoms with Crippen molar-refractivity contribution in [3.05, 3.63) is 59.7 Å². The topological polar surface area (TPSA) is 95.9 Å². The third-order valence-electron chi connectivity index (χ3n) is 6.98. The quantitative estimate of drug-likeness (QED) is 0.565. The average molecular weight is 465 g/mol. The number of carboxylic acids is 1. The van der Waals surface area contributed by atoms with Crippen LogP contribution in [0.2, 0.25) is 0 Å². The summed E-state index contributed by atoms with van der Waals surface area (Å²) >= 11 is 0. The first kappa shape index (κ1) is 23.8. The van der Waals surface area contributed by atoms with Crippen molar-refractivity contribution in [1.29, 1.82) is 0 Å². The number of nitrogens with one attached hydrogen (secondary N) is 1. The lowest BCUT2D eigenvalue weighted by molar-refractivity contribution is -0.147. The molecule has 7 heteroatoms. The highest BCUT2D eigenvalue weighted by molar-refractivity contribution is 5.79. The molecule has 0 aromatic heterocycles. The van der Waals surface area contributed by atoms with E-state index in [2.05, 4.69) is 29.6 Å². The van der Waals surface area contributed by atoms with Crippen LogP contribution in [-0.2, 0) is 14.3 Å². The summed E-state index contributed by atoms with van der Waals surface area (Å²) in [6, 6.07) is 16.4. The molecule has 0 bridgehead atoms. The van der Waals surface area contributed by atoms with Crippen molar-refractivity contribution in [2.75, 3.05) is 19.7 Å². The van der Waals surface area contributed by atoms with Gasteiger partial charge in [-0.15, -0.1) is 0 Å². The molecule has 4 rings (SSSR count). The minimum Gasteiger partial charge on any atom is -0.481 e. The number of rotatable bonds is 8. The van der Waals surface area contributed by atoms with Gasteiger partial charge in [-0.3, -0.25) is 9.59 Å². The molecule has 180 valence electrons. The Morgan fingerprint density at radius 1 is 1.03 bits per heavy atom. The van der Waals surface area contributed by atoms with Gasteiger partial charge in [-0.05, 0) is 54.9 Å². The van der Waals surface area contributed by atoms with Crippen LogP contribution < -0.4 is 5.32 Å². The van der Waals surface area contributed by atoms with Crippen LogP contribution in [0.3, 0.4) is 0 Å². The van der Waals surface area contributed by atoms with E-state index >= 15 is 0 Å². The first-order valence-corrected chi connectivity index (χ1v) is 12.1. The minimum absolute atomic E-state index is 0.0306. The number of carbonyl (C=O) groups excluding carboxylic acids is 2. The molecular formula is C27H32N2O5. The molecule has 2 atom stereocenters. The van der Waals surface area contributed by atoms with E-state index in [0.717, 1.165) is 0 Å². The number of benzene rings is 2. The predicted octanol–water partition coefficient (Wildman–Crippen LogP) is 4.41. The number of ether oxygens (including phenoxy) is 1. The predicted molar refractivity (Wildman–Crippen MR) is 128 cm³/mol. The van der Waals surface area contributed by atoms with Gasteiger partial charge in [0.25, 0.3) is 0 Å². The summed E-state index contributed by atoms with van der Waals surface area (Å²) in [4.78, 5) is 37.7. The summed E-state index contributed by atoms with van der Waals surface area (Å²) < 4.78 is 5.53. The molecule has 0 spiro atoms. The Balaban J connectivity index is 1.16. The fourth-order valence-corrected chi connectivity index (χ4v) is 5.15. The molecule has 0 unspecified atom stereocenters. The zero-order valence-electron chi connectivity index (χ0n) is 19.5. The Hall–Kier alpha value is -3.35. The van der Waals surface area contributed by atoms with Crippen molar-refractivity contribution in [2.45, 2.75) is 51.0 Å². The van der Waals surface area contributed by atoms with E-state index in [9.17, 15) is 14.4 Å². The summed E-state index contributed by atoms with van der Waals surface area (Å²) in [6.45, 7) is 3.13. The van der Waals surface area contributed by atoms with Crippen LogP contribution in [0, 0.1) is 5.92 Å². The second kappa shape index (κ2) is 10.7. The molecule has 1 aliphatic carbocycles. The van der Waals surface area contributed by atoms with E-state index in [0.29, 0.717) is 45.2 Å². The molecule has 1 aliphatic heterocycles. The van der Waals surface area contributed by atoms with Gasteiger partial charge < -0.3 is 20.1 Å². The van der Waals surface area contributed by atoms with Crippen LogP contribution in [0.1, 0.15) is 56.1 Å². The van der Waals surface area contributed by atoms with E-state index in [1.165, 1.54) is 22.3 Å². The SMILES string of the molecule is C[C@@H]1C[C@H](C(=O)O)CCN1C(=O)CCCCNC(=O)OCC1c2ccccc2-c2ccccc21. The molecule has 0 saturated carbocycles. The monoisotopic (exact) mass is 464 g/mol. The number of hydrogen-bond donors (Lipinski definition) is 2. The van der Waals surface area contributed by atoms with E-state index < -0.39 is 12.1 Å². The Labute approximate surface area is 200 Å². The number of carboxylic acid groups (broad SMARTS) is 1. The van der Waals surface area contributed by atoms with Crippen molar-refractivity contribution in [3.8, 4) is 11.1 Å². The summed E-state index contributed by atoms with van der Waals surface area (Å²) in [5.74, 6) is -1.06. The fraction of sp³-hybridized carbons (Fsp3) is 0.444. The maximum Gasteiger partial charge on any atom is 0.407 e. The van der Waals surface area contributed by atoms with Gasteiger partial charge in [-0.1, -0.05) is 48.5 Å². The first-order chi connectivity index (χ1) is 16.5. The van der Waals surface area contributed by atoms with Gasteiger partial charge >= 0.3 is 12.1 Å². The van der Waals surface area contributed by atoms with Crippen molar-refractivity contribution < 1.29 is 24.2 Å². The number of amides is 2. The molecule has 7 nitrogen and oxygen atoms in total. The standard InChI is InChI=1S/C27H32N2O5/c1-18-16-19(26(31)32)13-15-29(18)25(30)12-6-7-14-28-27(33)34-17-24-22-10-4-2-8-20(22)21-9-3-5-11-23(21)24/h2-5,8-11,18-19,24H,6-7,12-17H2,1H3,(H,28,33)(H,31,32)/t18-,19-/m1/s1. The van der Waals surface area contributed by atoms with Crippen LogP contribution in [0.25, 0.3) is 11.1 Å². The number of aliphatic carboxylic acids is 1. The first-order valence-electron chi connectivity index (χ1n) is 12.1. The van der Waals surface area contributed by atoms with E-state index in [4.69, 9.17) is 9.84 Å². The molecular weight excluding hydrogens is 432 g/mol. The zero-order valence-corrected chi connectivity index (χ0v) is 19.5. The molecule has 2 amide bonds. The summed E-state index contributed by atoms with van der Waals surface area (Å²) in [5, 5.41) is 11.9. The number of hydrogen-bond acceptors (Lipinski definition) is 4. The van der Waals surface area contributed by atoms with Crippen LogP contribution in [0.4, 0.5) is 4.79 Å². The highest BCUT2D eigenvalue weighted by atomic mass is 16.5. The van der Waals surface area contributed by atoms with E-state index in [1.54, 1.807) is 4.90 Å². The average Bonchev–Trinajstić information content (AvgIpc) is 3.16. The minimum atomic E-state index is -0.779. The fourth-order valence-electron chi connectivity index (χ4n) is 5.15. The van der Waals surface area contributed by atoms with Gasteiger partial charge in [0.2, 0.25) is 5.91 Å². The van der Waals surface area contributed by atoms with Crippen molar-refractivity contribution in [2.24, 2.45) is 5.92 Å². The number of likely N-dealkylation sites (tertiary alicyclic amines) is 1. The van der Waals surface area contributed by atoms with Crippen LogP contribution in [0.15, 0.2) is 48.5 Å². The highest BCUT2D eigenvalue weighted by Gasteiger charge is 2.32. The molecule has 0 radical (unpaired) electrons. The van der Waals surface area contributed by atoms with Crippen LogP contribution in [-0.4, -0.2) is 53.7 Å². The molecule has 1 heterocycles. The molecule has 1 fully saturated rings. The summed E-state index contributed by atoms with van der Waals surface area (Å²) in [6.07, 6.45) is 2.30. The lowest BCUT2D eigenvalue weighted by Gasteiger charge is -2.36. The Bertz CT molecular complexity index is 1010. The van der Waals surface area contributed by atoms with Gasteiger partial charge in [-0.25, -0.2) is 4.79 Å². The molecule has 2 aromatic rings. The molecule has 34 heavy (non-hydrogen) atoms. The lowest BCUT2D eigenvalue weighted by atomic mass is 9.91. The van der Waals surface area contributed by atoms with E-state index in [-0.39, 0.29) is 30.4 Å². The number of nitrogens with zero attached hydrogens (tertiary/aromatic N) is 1. The van der Waals surface area contributed by atoms with E-state index in [1.807, 2.05) is 31.2 Å². The van der Waals surface area contributed by atoms with Gasteiger partial charge in [-0.2, -0.15) is 0 Å².